The Balaban J connectivity index is 2.20. The van der Waals surface area contributed by atoms with Crippen LogP contribution in [0.4, 0.5) is 0 Å². The standard InChI is InChI=1S/C14H18BrNOS/c1-9(2)16(8-10-3-4-10)14(17)12-6-5-11(15)7-13(12)18/h5-7,9-10,18H,3-4,8H2,1-2H3. The summed E-state index contributed by atoms with van der Waals surface area (Å²) in [5.41, 5.74) is 0.691. The monoisotopic (exact) mass is 327 g/mol. The van der Waals surface area contributed by atoms with Gasteiger partial charge in [-0.3, -0.25) is 4.79 Å². The van der Waals surface area contributed by atoms with Crippen molar-refractivity contribution in [2.24, 2.45) is 5.92 Å². The molecule has 1 aliphatic rings. The van der Waals surface area contributed by atoms with Crippen molar-refractivity contribution < 1.29 is 4.79 Å². The van der Waals surface area contributed by atoms with Gasteiger partial charge in [-0.25, -0.2) is 0 Å². The van der Waals surface area contributed by atoms with Gasteiger partial charge in [-0.1, -0.05) is 15.9 Å². The average Bonchev–Trinajstić information content (AvgIpc) is 3.08. The van der Waals surface area contributed by atoms with Gasteiger partial charge in [0.25, 0.3) is 5.91 Å². The molecule has 0 aromatic heterocycles. The Morgan fingerprint density at radius 3 is 2.67 bits per heavy atom. The van der Waals surface area contributed by atoms with E-state index in [0.29, 0.717) is 11.5 Å². The van der Waals surface area contributed by atoms with Gasteiger partial charge in [0, 0.05) is 22.0 Å². The summed E-state index contributed by atoms with van der Waals surface area (Å²) in [6, 6.07) is 5.83. The summed E-state index contributed by atoms with van der Waals surface area (Å²) in [7, 11) is 0. The first-order chi connectivity index (χ1) is 8.49. The molecular formula is C14H18BrNOS. The molecule has 0 spiro atoms. The summed E-state index contributed by atoms with van der Waals surface area (Å²) in [4.78, 5) is 15.2. The van der Waals surface area contributed by atoms with E-state index in [1.807, 2.05) is 23.1 Å². The van der Waals surface area contributed by atoms with Gasteiger partial charge in [0.2, 0.25) is 0 Å². The summed E-state index contributed by atoms with van der Waals surface area (Å²) < 4.78 is 0.947. The van der Waals surface area contributed by atoms with Crippen LogP contribution in [0.2, 0.25) is 0 Å². The van der Waals surface area contributed by atoms with Crippen LogP contribution in [0.15, 0.2) is 27.6 Å². The highest BCUT2D eigenvalue weighted by Gasteiger charge is 2.29. The number of nitrogens with zero attached hydrogens (tertiary/aromatic N) is 1. The molecule has 1 fully saturated rings. The number of rotatable bonds is 4. The van der Waals surface area contributed by atoms with Gasteiger partial charge in [-0.05, 0) is 50.8 Å². The van der Waals surface area contributed by atoms with Crippen LogP contribution < -0.4 is 0 Å². The van der Waals surface area contributed by atoms with Crippen LogP contribution in [-0.4, -0.2) is 23.4 Å². The van der Waals surface area contributed by atoms with Gasteiger partial charge < -0.3 is 4.90 Å². The van der Waals surface area contributed by atoms with E-state index in [4.69, 9.17) is 0 Å². The molecule has 0 radical (unpaired) electrons. The molecule has 98 valence electrons. The molecule has 1 aromatic carbocycles. The first-order valence-electron chi connectivity index (χ1n) is 6.28. The minimum atomic E-state index is 0.0920. The molecule has 0 heterocycles. The van der Waals surface area contributed by atoms with Crippen LogP contribution in [0.25, 0.3) is 0 Å². The fourth-order valence-corrected chi connectivity index (χ4v) is 2.79. The molecule has 0 atom stereocenters. The zero-order chi connectivity index (χ0) is 13.3. The third kappa shape index (κ3) is 3.29. The molecule has 0 bridgehead atoms. The molecule has 4 heteroatoms. The highest BCUT2D eigenvalue weighted by molar-refractivity contribution is 9.10. The molecule has 1 aromatic rings. The van der Waals surface area contributed by atoms with E-state index in [9.17, 15) is 4.79 Å². The van der Waals surface area contributed by atoms with E-state index in [0.717, 1.165) is 15.9 Å². The summed E-state index contributed by atoms with van der Waals surface area (Å²) >= 11 is 7.79. The molecule has 0 unspecified atom stereocenters. The Kier molecular flexibility index (Phi) is 4.38. The number of amides is 1. The molecule has 0 aliphatic heterocycles. The van der Waals surface area contributed by atoms with Gasteiger partial charge >= 0.3 is 0 Å². The molecule has 1 aliphatic carbocycles. The molecule has 2 rings (SSSR count). The lowest BCUT2D eigenvalue weighted by Crippen LogP contribution is -2.38. The Morgan fingerprint density at radius 1 is 1.50 bits per heavy atom. The Hall–Kier alpha value is -0.480. The number of halogens is 1. The molecule has 0 saturated heterocycles. The van der Waals surface area contributed by atoms with Crippen LogP contribution in [0.1, 0.15) is 37.0 Å². The van der Waals surface area contributed by atoms with Crippen molar-refractivity contribution in [1.82, 2.24) is 4.90 Å². The molecular weight excluding hydrogens is 310 g/mol. The largest absolute Gasteiger partial charge is 0.336 e. The minimum Gasteiger partial charge on any atom is -0.336 e. The van der Waals surface area contributed by atoms with E-state index < -0.39 is 0 Å². The maximum atomic E-state index is 12.5. The molecule has 18 heavy (non-hydrogen) atoms. The van der Waals surface area contributed by atoms with Crippen molar-refractivity contribution in [2.75, 3.05) is 6.54 Å². The van der Waals surface area contributed by atoms with Crippen molar-refractivity contribution in [3.05, 3.63) is 28.2 Å². The summed E-state index contributed by atoms with van der Waals surface area (Å²) in [5, 5.41) is 0. The van der Waals surface area contributed by atoms with Crippen LogP contribution in [-0.2, 0) is 0 Å². The van der Waals surface area contributed by atoms with Crippen molar-refractivity contribution in [2.45, 2.75) is 37.6 Å². The third-order valence-corrected chi connectivity index (χ3v) is 4.09. The highest BCUT2D eigenvalue weighted by Crippen LogP contribution is 2.31. The number of benzene rings is 1. The maximum Gasteiger partial charge on any atom is 0.255 e. The van der Waals surface area contributed by atoms with Crippen LogP contribution in [0, 0.1) is 5.92 Å². The second-order valence-corrected chi connectivity index (χ2v) is 6.55. The second kappa shape index (κ2) is 5.66. The Labute approximate surface area is 122 Å². The fraction of sp³-hybridized carbons (Fsp3) is 0.500. The van der Waals surface area contributed by atoms with Gasteiger partial charge in [0.05, 0.1) is 5.56 Å². The SMILES string of the molecule is CC(C)N(CC1CC1)C(=O)c1ccc(Br)cc1S. The fourth-order valence-electron chi connectivity index (χ4n) is 1.95. The number of carbonyl (C=O) groups is 1. The number of hydrogen-bond acceptors (Lipinski definition) is 2. The van der Waals surface area contributed by atoms with E-state index in [2.05, 4.69) is 42.4 Å². The zero-order valence-corrected chi connectivity index (χ0v) is 13.2. The lowest BCUT2D eigenvalue weighted by atomic mass is 10.1. The van der Waals surface area contributed by atoms with E-state index >= 15 is 0 Å². The second-order valence-electron chi connectivity index (χ2n) is 5.16. The first-order valence-corrected chi connectivity index (χ1v) is 7.52. The van der Waals surface area contributed by atoms with E-state index in [-0.39, 0.29) is 11.9 Å². The van der Waals surface area contributed by atoms with Crippen LogP contribution in [0.3, 0.4) is 0 Å². The van der Waals surface area contributed by atoms with Crippen LogP contribution in [0.5, 0.6) is 0 Å². The van der Waals surface area contributed by atoms with Gasteiger partial charge in [-0.15, -0.1) is 12.6 Å². The predicted molar refractivity (Wildman–Crippen MR) is 80.3 cm³/mol. The lowest BCUT2D eigenvalue weighted by Gasteiger charge is -2.27. The quantitative estimate of drug-likeness (QED) is 0.829. The van der Waals surface area contributed by atoms with Gasteiger partial charge in [0.15, 0.2) is 0 Å². The van der Waals surface area contributed by atoms with Gasteiger partial charge in [0.1, 0.15) is 0 Å². The third-order valence-electron chi connectivity index (χ3n) is 3.23. The van der Waals surface area contributed by atoms with Gasteiger partial charge in [-0.2, -0.15) is 0 Å². The number of thiol groups is 1. The van der Waals surface area contributed by atoms with Crippen molar-refractivity contribution in [3.63, 3.8) is 0 Å². The normalized spacial score (nSPS) is 14.9. The maximum absolute atomic E-state index is 12.5. The minimum absolute atomic E-state index is 0.0920. The Morgan fingerprint density at radius 2 is 2.17 bits per heavy atom. The lowest BCUT2D eigenvalue weighted by molar-refractivity contribution is 0.0692. The summed E-state index contributed by atoms with van der Waals surface area (Å²) in [6.07, 6.45) is 2.51. The predicted octanol–water partition coefficient (Wildman–Crippen LogP) is 4.00. The van der Waals surface area contributed by atoms with E-state index in [1.165, 1.54) is 12.8 Å². The topological polar surface area (TPSA) is 20.3 Å². The average molecular weight is 328 g/mol. The van der Waals surface area contributed by atoms with Crippen molar-refractivity contribution in [3.8, 4) is 0 Å². The van der Waals surface area contributed by atoms with E-state index in [1.54, 1.807) is 0 Å². The molecule has 1 saturated carbocycles. The first kappa shape index (κ1) is 13.9. The summed E-state index contributed by atoms with van der Waals surface area (Å²) in [5.74, 6) is 0.796. The highest BCUT2D eigenvalue weighted by atomic mass is 79.9. The Bertz CT molecular complexity index is 457. The number of hydrogen-bond donors (Lipinski definition) is 1. The van der Waals surface area contributed by atoms with Crippen LogP contribution >= 0.6 is 28.6 Å². The number of carbonyl (C=O) groups excluding carboxylic acids is 1. The molecule has 1 amide bonds. The van der Waals surface area contributed by atoms with Crippen molar-refractivity contribution in [1.29, 1.82) is 0 Å². The molecule has 0 N–H and O–H groups in total. The zero-order valence-electron chi connectivity index (χ0n) is 10.7. The summed E-state index contributed by atoms with van der Waals surface area (Å²) in [6.45, 7) is 5.01. The smallest absolute Gasteiger partial charge is 0.255 e. The van der Waals surface area contributed by atoms with Crippen molar-refractivity contribution >= 4 is 34.5 Å². The molecule has 2 nitrogen and oxygen atoms in total.